The van der Waals surface area contributed by atoms with Gasteiger partial charge in [0.2, 0.25) is 5.91 Å². The number of anilines is 1. The Morgan fingerprint density at radius 2 is 1.92 bits per heavy atom. The summed E-state index contributed by atoms with van der Waals surface area (Å²) in [6.07, 6.45) is 2.68. The average Bonchev–Trinajstić information content (AvgIpc) is 3.22. The van der Waals surface area contributed by atoms with Crippen LogP contribution in [0.4, 0.5) is 5.69 Å². The first-order chi connectivity index (χ1) is 12.6. The molecule has 1 N–H and O–H groups in total. The summed E-state index contributed by atoms with van der Waals surface area (Å²) in [5.41, 5.74) is 0.575. The second kappa shape index (κ2) is 7.95. The number of hydrogen-bond acceptors (Lipinski definition) is 5. The number of methoxy groups -OCH3 is 2. The number of furan rings is 1. The first-order valence-corrected chi connectivity index (χ1v) is 8.48. The van der Waals surface area contributed by atoms with Crippen molar-refractivity contribution in [3.05, 3.63) is 42.4 Å². The first-order valence-electron chi connectivity index (χ1n) is 8.48. The van der Waals surface area contributed by atoms with Crippen LogP contribution in [0.25, 0.3) is 0 Å². The Bertz CT molecular complexity index is 764. The Labute approximate surface area is 151 Å². The Hall–Kier alpha value is -2.96. The van der Waals surface area contributed by atoms with Crippen LogP contribution < -0.4 is 14.8 Å². The summed E-state index contributed by atoms with van der Waals surface area (Å²) in [6, 6.07) is 8.59. The molecule has 0 unspecified atom stereocenters. The maximum atomic E-state index is 12.6. The number of ether oxygens (including phenoxy) is 2. The Morgan fingerprint density at radius 3 is 2.54 bits per heavy atom. The predicted octanol–water partition coefficient (Wildman–Crippen LogP) is 2.79. The molecule has 2 heterocycles. The van der Waals surface area contributed by atoms with E-state index in [1.54, 1.807) is 49.5 Å². The van der Waals surface area contributed by atoms with Gasteiger partial charge < -0.3 is 24.1 Å². The summed E-state index contributed by atoms with van der Waals surface area (Å²) in [5.74, 6) is 1.16. The molecule has 2 amide bonds. The monoisotopic (exact) mass is 358 g/mol. The summed E-state index contributed by atoms with van der Waals surface area (Å²) in [5, 5.41) is 2.91. The Balaban J connectivity index is 1.60. The van der Waals surface area contributed by atoms with Crippen molar-refractivity contribution in [2.75, 3.05) is 32.6 Å². The molecule has 1 saturated heterocycles. The van der Waals surface area contributed by atoms with Crippen molar-refractivity contribution in [2.24, 2.45) is 5.92 Å². The number of rotatable bonds is 5. The molecule has 1 aromatic heterocycles. The van der Waals surface area contributed by atoms with Gasteiger partial charge in [-0.2, -0.15) is 0 Å². The molecule has 7 nitrogen and oxygen atoms in total. The molecule has 0 saturated carbocycles. The van der Waals surface area contributed by atoms with Gasteiger partial charge in [0.15, 0.2) is 5.76 Å². The fourth-order valence-corrected chi connectivity index (χ4v) is 3.05. The van der Waals surface area contributed by atoms with E-state index in [4.69, 9.17) is 13.9 Å². The van der Waals surface area contributed by atoms with Gasteiger partial charge in [0.1, 0.15) is 11.5 Å². The van der Waals surface area contributed by atoms with Gasteiger partial charge in [-0.3, -0.25) is 9.59 Å². The topological polar surface area (TPSA) is 81.0 Å². The minimum atomic E-state index is -0.161. The normalized spacial score (nSPS) is 14.8. The van der Waals surface area contributed by atoms with Crippen LogP contribution in [-0.2, 0) is 4.79 Å². The molecule has 7 heteroatoms. The maximum absolute atomic E-state index is 12.6. The molecule has 1 aliphatic heterocycles. The van der Waals surface area contributed by atoms with Crippen molar-refractivity contribution in [1.29, 1.82) is 0 Å². The highest BCUT2D eigenvalue weighted by atomic mass is 16.5. The molecule has 138 valence electrons. The van der Waals surface area contributed by atoms with Gasteiger partial charge in [0, 0.05) is 25.1 Å². The minimum absolute atomic E-state index is 0.0818. The van der Waals surface area contributed by atoms with E-state index in [1.165, 1.54) is 6.26 Å². The zero-order valence-corrected chi connectivity index (χ0v) is 14.9. The molecule has 1 fully saturated rings. The lowest BCUT2D eigenvalue weighted by molar-refractivity contribution is -0.121. The molecule has 26 heavy (non-hydrogen) atoms. The number of piperidine rings is 1. The van der Waals surface area contributed by atoms with E-state index in [2.05, 4.69) is 5.32 Å². The van der Waals surface area contributed by atoms with Crippen molar-refractivity contribution >= 4 is 17.5 Å². The maximum Gasteiger partial charge on any atom is 0.289 e. The number of carbonyl (C=O) groups is 2. The van der Waals surface area contributed by atoms with Gasteiger partial charge in [-0.25, -0.2) is 0 Å². The highest BCUT2D eigenvalue weighted by Gasteiger charge is 2.29. The Morgan fingerprint density at radius 1 is 1.15 bits per heavy atom. The largest absolute Gasteiger partial charge is 0.497 e. The molecule has 0 atom stereocenters. The van der Waals surface area contributed by atoms with Crippen molar-refractivity contribution in [2.45, 2.75) is 12.8 Å². The van der Waals surface area contributed by atoms with Crippen LogP contribution in [0, 0.1) is 5.92 Å². The van der Waals surface area contributed by atoms with Crippen LogP contribution >= 0.6 is 0 Å². The predicted molar refractivity (Wildman–Crippen MR) is 95.5 cm³/mol. The summed E-state index contributed by atoms with van der Waals surface area (Å²) < 4.78 is 15.6. The third kappa shape index (κ3) is 3.82. The molecule has 3 rings (SSSR count). The molecule has 0 spiro atoms. The highest BCUT2D eigenvalue weighted by Crippen LogP contribution is 2.30. The number of carbonyl (C=O) groups excluding carboxylic acids is 2. The third-order valence-corrected chi connectivity index (χ3v) is 4.55. The highest BCUT2D eigenvalue weighted by molar-refractivity contribution is 5.95. The van der Waals surface area contributed by atoms with Crippen molar-refractivity contribution in [3.8, 4) is 11.5 Å². The minimum Gasteiger partial charge on any atom is -0.497 e. The molecule has 1 aliphatic rings. The van der Waals surface area contributed by atoms with Gasteiger partial charge in [-0.15, -0.1) is 0 Å². The van der Waals surface area contributed by atoms with Crippen LogP contribution in [0.3, 0.4) is 0 Å². The molecule has 0 bridgehead atoms. The lowest BCUT2D eigenvalue weighted by Gasteiger charge is -2.30. The molecular weight excluding hydrogens is 336 g/mol. The number of benzene rings is 1. The standard InChI is InChI=1S/C19H22N2O5/c1-24-14-5-6-16(25-2)15(12-14)20-18(22)13-7-9-21(10-8-13)19(23)17-4-3-11-26-17/h3-6,11-13H,7-10H2,1-2H3,(H,20,22). The quantitative estimate of drug-likeness (QED) is 0.889. The fraction of sp³-hybridized carbons (Fsp3) is 0.368. The summed E-state index contributed by atoms with van der Waals surface area (Å²) >= 11 is 0. The van der Waals surface area contributed by atoms with Crippen LogP contribution in [0.5, 0.6) is 11.5 Å². The van der Waals surface area contributed by atoms with Gasteiger partial charge in [0.25, 0.3) is 5.91 Å². The van der Waals surface area contributed by atoms with E-state index >= 15 is 0 Å². The first kappa shape index (κ1) is 17.8. The molecule has 0 radical (unpaired) electrons. The van der Waals surface area contributed by atoms with E-state index < -0.39 is 0 Å². The van der Waals surface area contributed by atoms with Crippen LogP contribution in [-0.4, -0.2) is 44.0 Å². The van der Waals surface area contributed by atoms with E-state index in [0.29, 0.717) is 48.9 Å². The fourth-order valence-electron chi connectivity index (χ4n) is 3.05. The van der Waals surface area contributed by atoms with Crippen LogP contribution in [0.15, 0.2) is 41.0 Å². The third-order valence-electron chi connectivity index (χ3n) is 4.55. The second-order valence-electron chi connectivity index (χ2n) is 6.10. The number of likely N-dealkylation sites (tertiary alicyclic amines) is 1. The molecule has 2 aromatic rings. The molecule has 0 aliphatic carbocycles. The zero-order valence-electron chi connectivity index (χ0n) is 14.9. The lowest BCUT2D eigenvalue weighted by Crippen LogP contribution is -2.41. The van der Waals surface area contributed by atoms with E-state index in [9.17, 15) is 9.59 Å². The summed E-state index contributed by atoms with van der Waals surface area (Å²) in [6.45, 7) is 1.04. The number of hydrogen-bond donors (Lipinski definition) is 1. The molecule has 1 aromatic carbocycles. The smallest absolute Gasteiger partial charge is 0.289 e. The summed E-state index contributed by atoms with van der Waals surface area (Å²) in [7, 11) is 3.12. The summed E-state index contributed by atoms with van der Waals surface area (Å²) in [4.78, 5) is 26.6. The van der Waals surface area contributed by atoms with E-state index in [0.717, 1.165) is 0 Å². The molecular formula is C19H22N2O5. The van der Waals surface area contributed by atoms with Gasteiger partial charge in [-0.1, -0.05) is 0 Å². The van der Waals surface area contributed by atoms with Gasteiger partial charge >= 0.3 is 0 Å². The lowest BCUT2D eigenvalue weighted by atomic mass is 9.95. The van der Waals surface area contributed by atoms with E-state index in [1.807, 2.05) is 0 Å². The number of amides is 2. The number of nitrogens with zero attached hydrogens (tertiary/aromatic N) is 1. The van der Waals surface area contributed by atoms with Crippen LogP contribution in [0.1, 0.15) is 23.4 Å². The number of nitrogens with one attached hydrogen (secondary N) is 1. The van der Waals surface area contributed by atoms with Gasteiger partial charge in [0.05, 0.1) is 26.2 Å². The van der Waals surface area contributed by atoms with Gasteiger partial charge in [-0.05, 0) is 37.1 Å². The second-order valence-corrected chi connectivity index (χ2v) is 6.10. The zero-order chi connectivity index (χ0) is 18.5. The average molecular weight is 358 g/mol. The van der Waals surface area contributed by atoms with E-state index in [-0.39, 0.29) is 17.7 Å². The SMILES string of the molecule is COc1ccc(OC)c(NC(=O)C2CCN(C(=O)c3ccco3)CC2)c1. The van der Waals surface area contributed by atoms with Crippen molar-refractivity contribution in [1.82, 2.24) is 4.90 Å². The van der Waals surface area contributed by atoms with Crippen molar-refractivity contribution in [3.63, 3.8) is 0 Å². The Kier molecular flexibility index (Phi) is 5.46. The van der Waals surface area contributed by atoms with Crippen molar-refractivity contribution < 1.29 is 23.5 Å². The van der Waals surface area contributed by atoms with Crippen LogP contribution in [0.2, 0.25) is 0 Å².